The van der Waals surface area contributed by atoms with Gasteiger partial charge in [-0.2, -0.15) is 5.10 Å². The van der Waals surface area contributed by atoms with Crippen LogP contribution in [-0.2, 0) is 18.4 Å². The molecule has 74 valence electrons. The Bertz CT molecular complexity index is 260. The van der Waals surface area contributed by atoms with Gasteiger partial charge in [0, 0.05) is 19.9 Å². The minimum Gasteiger partial charge on any atom is -0.375 e. The fourth-order valence-electron chi connectivity index (χ4n) is 1.02. The maximum atomic E-state index is 5.89. The average molecular weight is 203 g/mol. The highest BCUT2D eigenvalue weighted by atomic mass is 35.5. The Hall–Kier alpha value is -0.540. The number of aromatic nitrogens is 2. The van der Waals surface area contributed by atoms with Gasteiger partial charge in [0.15, 0.2) is 0 Å². The smallest absolute Gasteiger partial charge is 0.107 e. The molecule has 4 heteroatoms. The van der Waals surface area contributed by atoms with E-state index >= 15 is 0 Å². The van der Waals surface area contributed by atoms with E-state index in [9.17, 15) is 0 Å². The number of halogens is 1. The normalized spacial score (nSPS) is 10.7. The van der Waals surface area contributed by atoms with Crippen LogP contribution in [0, 0.1) is 0 Å². The third kappa shape index (κ3) is 3.36. The molecule has 0 N–H and O–H groups in total. The van der Waals surface area contributed by atoms with Crippen LogP contribution < -0.4 is 0 Å². The van der Waals surface area contributed by atoms with Gasteiger partial charge in [-0.05, 0) is 6.42 Å². The van der Waals surface area contributed by atoms with Gasteiger partial charge in [-0.3, -0.25) is 4.68 Å². The minimum absolute atomic E-state index is 0.514. The summed E-state index contributed by atoms with van der Waals surface area (Å²) in [5.41, 5.74) is 0.820. The maximum Gasteiger partial charge on any atom is 0.107 e. The van der Waals surface area contributed by atoms with Gasteiger partial charge >= 0.3 is 0 Å². The van der Waals surface area contributed by atoms with Crippen LogP contribution in [0.15, 0.2) is 6.20 Å². The van der Waals surface area contributed by atoms with E-state index in [0.717, 1.165) is 25.1 Å². The standard InChI is InChI=1S/C9H15ClN2O/c1-3-4-5-13-7-9-8(10)6-12(2)11-9/h6H,3-5,7H2,1-2H3. The molecule has 0 aliphatic carbocycles. The molecule has 0 unspecified atom stereocenters. The van der Waals surface area contributed by atoms with E-state index in [1.807, 2.05) is 7.05 Å². The van der Waals surface area contributed by atoms with Crippen molar-refractivity contribution in [2.45, 2.75) is 26.4 Å². The lowest BCUT2D eigenvalue weighted by Gasteiger charge is -2.00. The van der Waals surface area contributed by atoms with Crippen LogP contribution in [0.1, 0.15) is 25.5 Å². The maximum absolute atomic E-state index is 5.89. The van der Waals surface area contributed by atoms with E-state index in [1.165, 1.54) is 0 Å². The van der Waals surface area contributed by atoms with Crippen LogP contribution in [0.25, 0.3) is 0 Å². The molecular formula is C9H15ClN2O. The average Bonchev–Trinajstić information content (AvgIpc) is 2.39. The second kappa shape index (κ2) is 5.25. The summed E-state index contributed by atoms with van der Waals surface area (Å²) in [7, 11) is 1.85. The van der Waals surface area contributed by atoms with E-state index in [1.54, 1.807) is 10.9 Å². The van der Waals surface area contributed by atoms with E-state index in [4.69, 9.17) is 16.3 Å². The molecule has 0 spiro atoms. The Morgan fingerprint density at radius 3 is 2.92 bits per heavy atom. The zero-order chi connectivity index (χ0) is 9.68. The lowest BCUT2D eigenvalue weighted by molar-refractivity contribution is 0.115. The van der Waals surface area contributed by atoms with Crippen molar-refractivity contribution in [3.8, 4) is 0 Å². The summed E-state index contributed by atoms with van der Waals surface area (Å²) in [5.74, 6) is 0. The number of aryl methyl sites for hydroxylation is 1. The van der Waals surface area contributed by atoms with Crippen LogP contribution in [-0.4, -0.2) is 16.4 Å². The number of unbranched alkanes of at least 4 members (excludes halogenated alkanes) is 1. The van der Waals surface area contributed by atoms with Gasteiger partial charge in [0.1, 0.15) is 5.69 Å². The first kappa shape index (κ1) is 10.5. The predicted molar refractivity (Wildman–Crippen MR) is 52.8 cm³/mol. The Morgan fingerprint density at radius 1 is 1.62 bits per heavy atom. The van der Waals surface area contributed by atoms with Crippen molar-refractivity contribution in [2.75, 3.05) is 6.61 Å². The summed E-state index contributed by atoms with van der Waals surface area (Å²) in [5, 5.41) is 4.85. The molecule has 0 aliphatic rings. The molecule has 1 rings (SSSR count). The summed E-state index contributed by atoms with van der Waals surface area (Å²) in [6, 6.07) is 0. The number of rotatable bonds is 5. The van der Waals surface area contributed by atoms with Crippen molar-refractivity contribution >= 4 is 11.6 Å². The first-order valence-corrected chi connectivity index (χ1v) is 4.87. The molecule has 0 aliphatic heterocycles. The van der Waals surface area contributed by atoms with Gasteiger partial charge in [-0.25, -0.2) is 0 Å². The molecule has 0 saturated carbocycles. The summed E-state index contributed by atoms with van der Waals surface area (Å²) < 4.78 is 7.09. The third-order valence-corrected chi connectivity index (χ3v) is 2.05. The van der Waals surface area contributed by atoms with E-state index < -0.39 is 0 Å². The zero-order valence-corrected chi connectivity index (χ0v) is 8.84. The lowest BCUT2D eigenvalue weighted by atomic mass is 10.4. The molecular weight excluding hydrogens is 188 g/mol. The van der Waals surface area contributed by atoms with Crippen molar-refractivity contribution in [1.82, 2.24) is 9.78 Å². The molecule has 1 aromatic heterocycles. The van der Waals surface area contributed by atoms with Gasteiger partial charge in [-0.1, -0.05) is 24.9 Å². The van der Waals surface area contributed by atoms with E-state index in [-0.39, 0.29) is 0 Å². The topological polar surface area (TPSA) is 27.1 Å². The zero-order valence-electron chi connectivity index (χ0n) is 8.09. The van der Waals surface area contributed by atoms with Crippen LogP contribution in [0.2, 0.25) is 5.02 Å². The molecule has 0 saturated heterocycles. The summed E-state index contributed by atoms with van der Waals surface area (Å²) in [6.45, 7) is 3.43. The van der Waals surface area contributed by atoms with Gasteiger partial charge in [-0.15, -0.1) is 0 Å². The molecule has 0 radical (unpaired) electrons. The number of nitrogens with zero attached hydrogens (tertiary/aromatic N) is 2. The van der Waals surface area contributed by atoms with E-state index in [2.05, 4.69) is 12.0 Å². The van der Waals surface area contributed by atoms with Crippen molar-refractivity contribution in [2.24, 2.45) is 7.05 Å². The van der Waals surface area contributed by atoms with Gasteiger partial charge in [0.2, 0.25) is 0 Å². The quantitative estimate of drug-likeness (QED) is 0.686. The summed E-state index contributed by atoms with van der Waals surface area (Å²) >= 11 is 5.89. The Labute approximate surface area is 83.6 Å². The SMILES string of the molecule is CCCCOCc1nn(C)cc1Cl. The molecule has 0 bridgehead atoms. The molecule has 13 heavy (non-hydrogen) atoms. The van der Waals surface area contributed by atoms with Crippen LogP contribution >= 0.6 is 11.6 Å². The molecule has 0 amide bonds. The summed E-state index contributed by atoms with van der Waals surface area (Å²) in [6.07, 6.45) is 4.01. The Kier molecular flexibility index (Phi) is 4.25. The molecule has 1 heterocycles. The van der Waals surface area contributed by atoms with Crippen molar-refractivity contribution in [3.05, 3.63) is 16.9 Å². The van der Waals surface area contributed by atoms with Crippen molar-refractivity contribution < 1.29 is 4.74 Å². The highest BCUT2D eigenvalue weighted by Gasteiger charge is 2.04. The molecule has 0 atom stereocenters. The van der Waals surface area contributed by atoms with Crippen LogP contribution in [0.5, 0.6) is 0 Å². The van der Waals surface area contributed by atoms with Crippen LogP contribution in [0.3, 0.4) is 0 Å². The molecule has 0 aromatic carbocycles. The molecule has 3 nitrogen and oxygen atoms in total. The minimum atomic E-state index is 0.514. The fraction of sp³-hybridized carbons (Fsp3) is 0.667. The fourth-order valence-corrected chi connectivity index (χ4v) is 1.25. The second-order valence-corrected chi connectivity index (χ2v) is 3.41. The lowest BCUT2D eigenvalue weighted by Crippen LogP contribution is -1.97. The van der Waals surface area contributed by atoms with Gasteiger partial charge in [0.05, 0.1) is 11.6 Å². The highest BCUT2D eigenvalue weighted by Crippen LogP contribution is 2.13. The number of hydrogen-bond donors (Lipinski definition) is 0. The molecule has 1 aromatic rings. The van der Waals surface area contributed by atoms with Crippen LogP contribution in [0.4, 0.5) is 0 Å². The predicted octanol–water partition coefficient (Wildman–Crippen LogP) is 2.39. The highest BCUT2D eigenvalue weighted by molar-refractivity contribution is 6.31. The Balaban J connectivity index is 2.32. The molecule has 0 fully saturated rings. The Morgan fingerprint density at radius 2 is 2.38 bits per heavy atom. The first-order chi connectivity index (χ1) is 6.24. The monoisotopic (exact) mass is 202 g/mol. The largest absolute Gasteiger partial charge is 0.375 e. The third-order valence-electron chi connectivity index (χ3n) is 1.74. The summed E-state index contributed by atoms with van der Waals surface area (Å²) in [4.78, 5) is 0. The first-order valence-electron chi connectivity index (χ1n) is 4.49. The number of ether oxygens (including phenoxy) is 1. The van der Waals surface area contributed by atoms with Gasteiger partial charge < -0.3 is 4.74 Å². The van der Waals surface area contributed by atoms with Gasteiger partial charge in [0.25, 0.3) is 0 Å². The number of hydrogen-bond acceptors (Lipinski definition) is 2. The second-order valence-electron chi connectivity index (χ2n) is 3.00. The van der Waals surface area contributed by atoms with Crippen molar-refractivity contribution in [1.29, 1.82) is 0 Å². The van der Waals surface area contributed by atoms with E-state index in [0.29, 0.717) is 11.6 Å². The van der Waals surface area contributed by atoms with Crippen molar-refractivity contribution in [3.63, 3.8) is 0 Å².